The third kappa shape index (κ3) is 4.38. The molecule has 9 heteroatoms. The van der Waals surface area contributed by atoms with Crippen LogP contribution < -0.4 is 15.0 Å². The Morgan fingerprint density at radius 3 is 2.42 bits per heavy atom. The minimum Gasteiger partial charge on any atom is -0.494 e. The van der Waals surface area contributed by atoms with E-state index in [2.05, 4.69) is 4.99 Å². The van der Waals surface area contributed by atoms with Crippen molar-refractivity contribution >= 4 is 17.9 Å². The number of hydrogen-bond acceptors (Lipinski definition) is 8. The van der Waals surface area contributed by atoms with Gasteiger partial charge in [0.15, 0.2) is 11.5 Å². The van der Waals surface area contributed by atoms with E-state index in [0.717, 1.165) is 0 Å². The Bertz CT molecular complexity index is 1130. The first kappa shape index (κ1) is 23.5. The number of nitrogens with zero attached hydrogens (tertiary/aromatic N) is 3. The lowest BCUT2D eigenvalue weighted by molar-refractivity contribution is 0.0601. The molecule has 0 bridgehead atoms. The number of ether oxygens (including phenoxy) is 3. The smallest absolute Gasteiger partial charge is 0.340 e. The van der Waals surface area contributed by atoms with Gasteiger partial charge in [-0.05, 0) is 25.8 Å². The molecule has 2 aromatic rings. The third-order valence-electron chi connectivity index (χ3n) is 5.06. The van der Waals surface area contributed by atoms with Gasteiger partial charge in [0.25, 0.3) is 5.56 Å². The number of aromatic hydroxyl groups is 1. The quantitative estimate of drug-likeness (QED) is 0.531. The van der Waals surface area contributed by atoms with E-state index in [1.54, 1.807) is 13.8 Å². The van der Waals surface area contributed by atoms with Gasteiger partial charge in [0, 0.05) is 24.4 Å². The zero-order chi connectivity index (χ0) is 23.3. The van der Waals surface area contributed by atoms with E-state index >= 15 is 0 Å². The van der Waals surface area contributed by atoms with Gasteiger partial charge in [-0.2, -0.15) is 5.26 Å². The second-order valence-electron chi connectivity index (χ2n) is 6.76. The van der Waals surface area contributed by atoms with Crippen molar-refractivity contribution in [1.29, 1.82) is 5.26 Å². The van der Waals surface area contributed by atoms with Crippen molar-refractivity contribution < 1.29 is 24.1 Å². The highest BCUT2D eigenvalue weighted by molar-refractivity contribution is 5.98. The number of pyridine rings is 1. The summed E-state index contributed by atoms with van der Waals surface area (Å²) in [7, 11) is 4.12. The standard InChI is InChI=1S/C22H25N3O6/c1-7-12(2)25-20(26)15(10-23)13(3)16(21(25)27)11-24-17-9-19(30-5)18(29-4)8-14(17)22(28)31-6/h8-9,11-12,27H,7H2,1-6H3/t12-/m0/s1. The molecular formula is C22H25N3O6. The molecule has 31 heavy (non-hydrogen) atoms. The summed E-state index contributed by atoms with van der Waals surface area (Å²) in [4.78, 5) is 29.2. The zero-order valence-corrected chi connectivity index (χ0v) is 18.3. The zero-order valence-electron chi connectivity index (χ0n) is 18.3. The van der Waals surface area contributed by atoms with E-state index in [9.17, 15) is 20.0 Å². The minimum atomic E-state index is -0.642. The molecule has 0 aliphatic carbocycles. The molecule has 1 N–H and O–H groups in total. The van der Waals surface area contributed by atoms with Crippen molar-refractivity contribution in [3.63, 3.8) is 0 Å². The number of benzene rings is 1. The Morgan fingerprint density at radius 1 is 1.29 bits per heavy atom. The number of rotatable bonds is 7. The maximum absolute atomic E-state index is 12.6. The second-order valence-corrected chi connectivity index (χ2v) is 6.76. The number of aromatic nitrogens is 1. The molecule has 0 aliphatic heterocycles. The molecule has 1 heterocycles. The molecule has 1 aromatic carbocycles. The first-order chi connectivity index (χ1) is 14.7. The number of hydrogen-bond donors (Lipinski definition) is 1. The van der Waals surface area contributed by atoms with Crippen LogP contribution in [0.4, 0.5) is 5.69 Å². The summed E-state index contributed by atoms with van der Waals surface area (Å²) >= 11 is 0. The van der Waals surface area contributed by atoms with Gasteiger partial charge in [0.05, 0.1) is 38.1 Å². The summed E-state index contributed by atoms with van der Waals surface area (Å²) in [6.45, 7) is 5.18. The van der Waals surface area contributed by atoms with E-state index in [4.69, 9.17) is 14.2 Å². The fraction of sp³-hybridized carbons (Fsp3) is 0.364. The minimum absolute atomic E-state index is 0.0833. The van der Waals surface area contributed by atoms with Gasteiger partial charge in [-0.15, -0.1) is 0 Å². The summed E-state index contributed by atoms with van der Waals surface area (Å²) in [5.74, 6) is -0.292. The lowest BCUT2D eigenvalue weighted by Crippen LogP contribution is -2.27. The average molecular weight is 427 g/mol. The van der Waals surface area contributed by atoms with E-state index in [1.165, 1.54) is 44.2 Å². The summed E-state index contributed by atoms with van der Waals surface area (Å²) in [6, 6.07) is 4.50. The molecule has 0 amide bonds. The van der Waals surface area contributed by atoms with Crippen LogP contribution in [0.15, 0.2) is 21.9 Å². The predicted molar refractivity (Wildman–Crippen MR) is 115 cm³/mol. The number of aliphatic imine (C=N–C) groups is 1. The van der Waals surface area contributed by atoms with Crippen LogP contribution in [0.25, 0.3) is 0 Å². The molecule has 0 unspecified atom stereocenters. The SMILES string of the molecule is CC[C@H](C)n1c(O)c(C=Nc2cc(OC)c(OC)cc2C(=O)OC)c(C)c(C#N)c1=O. The first-order valence-corrected chi connectivity index (χ1v) is 9.52. The molecule has 0 fully saturated rings. The molecule has 0 radical (unpaired) electrons. The van der Waals surface area contributed by atoms with Gasteiger partial charge in [-0.25, -0.2) is 4.79 Å². The highest BCUT2D eigenvalue weighted by Gasteiger charge is 2.21. The topological polar surface area (TPSA) is 123 Å². The third-order valence-corrected chi connectivity index (χ3v) is 5.06. The van der Waals surface area contributed by atoms with Crippen LogP contribution in [0, 0.1) is 18.3 Å². The van der Waals surface area contributed by atoms with E-state index in [0.29, 0.717) is 17.9 Å². The largest absolute Gasteiger partial charge is 0.494 e. The van der Waals surface area contributed by atoms with Crippen LogP contribution in [-0.2, 0) is 4.74 Å². The number of nitriles is 1. The Kier molecular flexibility index (Phi) is 7.42. The Morgan fingerprint density at radius 2 is 1.90 bits per heavy atom. The lowest BCUT2D eigenvalue weighted by Gasteiger charge is -2.18. The Balaban J connectivity index is 2.77. The number of methoxy groups -OCH3 is 3. The predicted octanol–water partition coefficient (Wildman–Crippen LogP) is 3.26. The molecule has 1 atom stereocenters. The lowest BCUT2D eigenvalue weighted by atomic mass is 10.0. The molecule has 1 aromatic heterocycles. The first-order valence-electron chi connectivity index (χ1n) is 9.52. The summed E-state index contributed by atoms with van der Waals surface area (Å²) in [5, 5.41) is 20.3. The Labute approximate surface area is 180 Å². The van der Waals surface area contributed by atoms with E-state index in [1.807, 2.05) is 13.0 Å². The highest BCUT2D eigenvalue weighted by atomic mass is 16.5. The molecule has 0 saturated carbocycles. The molecule has 0 spiro atoms. The van der Waals surface area contributed by atoms with Crippen LogP contribution in [0.3, 0.4) is 0 Å². The number of carbonyl (C=O) groups is 1. The molecule has 9 nitrogen and oxygen atoms in total. The van der Waals surface area contributed by atoms with Crippen molar-refractivity contribution in [2.24, 2.45) is 4.99 Å². The Hall–Kier alpha value is -3.80. The van der Waals surface area contributed by atoms with Crippen LogP contribution >= 0.6 is 0 Å². The molecular weight excluding hydrogens is 402 g/mol. The maximum Gasteiger partial charge on any atom is 0.340 e. The molecule has 2 rings (SSSR count). The van der Waals surface area contributed by atoms with Crippen LogP contribution in [0.5, 0.6) is 17.4 Å². The molecule has 0 aliphatic rings. The summed E-state index contributed by atoms with van der Waals surface area (Å²) < 4.78 is 16.5. The van der Waals surface area contributed by atoms with Crippen molar-refractivity contribution in [3.8, 4) is 23.4 Å². The molecule has 164 valence electrons. The van der Waals surface area contributed by atoms with Gasteiger partial charge in [0.2, 0.25) is 5.88 Å². The van der Waals surface area contributed by atoms with Gasteiger partial charge in [-0.3, -0.25) is 14.4 Å². The fourth-order valence-corrected chi connectivity index (χ4v) is 3.07. The van der Waals surface area contributed by atoms with Crippen molar-refractivity contribution in [2.45, 2.75) is 33.2 Å². The fourth-order valence-electron chi connectivity index (χ4n) is 3.07. The van der Waals surface area contributed by atoms with Gasteiger partial charge >= 0.3 is 5.97 Å². The number of esters is 1. The number of carbonyl (C=O) groups excluding carboxylic acids is 1. The van der Waals surface area contributed by atoms with Gasteiger partial charge in [-0.1, -0.05) is 6.92 Å². The molecule has 0 saturated heterocycles. The second kappa shape index (κ2) is 9.80. The van der Waals surface area contributed by atoms with Crippen molar-refractivity contribution in [2.75, 3.05) is 21.3 Å². The monoisotopic (exact) mass is 427 g/mol. The van der Waals surface area contributed by atoms with Crippen LogP contribution in [-0.4, -0.2) is 43.2 Å². The summed E-state index contributed by atoms with van der Waals surface area (Å²) in [5.41, 5.74) is 0.147. The van der Waals surface area contributed by atoms with Crippen molar-refractivity contribution in [1.82, 2.24) is 4.57 Å². The highest BCUT2D eigenvalue weighted by Crippen LogP contribution is 2.35. The average Bonchev–Trinajstić information content (AvgIpc) is 2.77. The van der Waals surface area contributed by atoms with Gasteiger partial charge < -0.3 is 19.3 Å². The van der Waals surface area contributed by atoms with Crippen LogP contribution in [0.1, 0.15) is 53.4 Å². The van der Waals surface area contributed by atoms with E-state index < -0.39 is 11.5 Å². The van der Waals surface area contributed by atoms with Gasteiger partial charge in [0.1, 0.15) is 11.6 Å². The van der Waals surface area contributed by atoms with E-state index in [-0.39, 0.29) is 39.9 Å². The normalized spacial score (nSPS) is 11.8. The van der Waals surface area contributed by atoms with Crippen molar-refractivity contribution in [3.05, 3.63) is 44.7 Å². The maximum atomic E-state index is 12.6. The summed E-state index contributed by atoms with van der Waals surface area (Å²) in [6.07, 6.45) is 1.87. The van der Waals surface area contributed by atoms with Crippen LogP contribution in [0.2, 0.25) is 0 Å².